The Labute approximate surface area is 90.7 Å². The van der Waals surface area contributed by atoms with Crippen molar-refractivity contribution < 1.29 is 0 Å². The van der Waals surface area contributed by atoms with Crippen LogP contribution in [0.5, 0.6) is 0 Å². The normalized spacial score (nSPS) is 15.1. The minimum absolute atomic E-state index is 0.647. The molecule has 0 unspecified atom stereocenters. The number of rotatable bonds is 6. The zero-order chi connectivity index (χ0) is 10.5. The summed E-state index contributed by atoms with van der Waals surface area (Å²) in [5.41, 5.74) is 1.33. The quantitative estimate of drug-likeness (QED) is 0.719. The maximum atomic E-state index is 8.48. The molecule has 1 N–H and O–H groups in total. The van der Waals surface area contributed by atoms with Gasteiger partial charge in [0.1, 0.15) is 0 Å². The molecule has 0 saturated heterocycles. The predicted octanol–water partition coefficient (Wildman–Crippen LogP) is 2.04. The van der Waals surface area contributed by atoms with Crippen LogP contribution in [0, 0.1) is 11.3 Å². The highest BCUT2D eigenvalue weighted by Gasteiger charge is 2.20. The Hall–Kier alpha value is -1.27. The van der Waals surface area contributed by atoms with E-state index in [1.807, 2.05) is 0 Å². The minimum Gasteiger partial charge on any atom is -0.350 e. The maximum absolute atomic E-state index is 8.48. The third-order valence-corrected chi connectivity index (χ3v) is 2.76. The lowest BCUT2D eigenvalue weighted by molar-refractivity contribution is 0.590. The first-order valence-electron chi connectivity index (χ1n) is 5.64. The summed E-state index contributed by atoms with van der Waals surface area (Å²) in [7, 11) is 0. The van der Waals surface area contributed by atoms with Gasteiger partial charge in [0.05, 0.1) is 6.07 Å². The highest BCUT2D eigenvalue weighted by Crippen LogP contribution is 2.19. The number of unbranched alkanes of at least 4 members (excludes halogenated alkanes) is 1. The largest absolute Gasteiger partial charge is 0.350 e. The SMILES string of the molecule is N#CCCCn1cccc1CNC1CC1. The van der Waals surface area contributed by atoms with Crippen LogP contribution in [0.1, 0.15) is 31.4 Å². The van der Waals surface area contributed by atoms with Crippen molar-refractivity contribution >= 4 is 0 Å². The Morgan fingerprint density at radius 1 is 1.53 bits per heavy atom. The van der Waals surface area contributed by atoms with Crippen molar-refractivity contribution in [3.05, 3.63) is 24.0 Å². The van der Waals surface area contributed by atoms with Crippen LogP contribution in [-0.4, -0.2) is 10.6 Å². The summed E-state index contributed by atoms with van der Waals surface area (Å²) in [5, 5.41) is 12.0. The van der Waals surface area contributed by atoms with Gasteiger partial charge in [-0.3, -0.25) is 0 Å². The molecule has 15 heavy (non-hydrogen) atoms. The van der Waals surface area contributed by atoms with Gasteiger partial charge in [0.2, 0.25) is 0 Å². The Morgan fingerprint density at radius 3 is 3.13 bits per heavy atom. The van der Waals surface area contributed by atoms with Gasteiger partial charge in [-0.2, -0.15) is 5.26 Å². The third kappa shape index (κ3) is 3.10. The minimum atomic E-state index is 0.647. The van der Waals surface area contributed by atoms with Crippen molar-refractivity contribution in [2.24, 2.45) is 0 Å². The summed E-state index contributed by atoms with van der Waals surface area (Å²) in [4.78, 5) is 0. The van der Waals surface area contributed by atoms with Crippen LogP contribution < -0.4 is 5.32 Å². The molecule has 1 heterocycles. The first-order valence-corrected chi connectivity index (χ1v) is 5.64. The molecule has 80 valence electrons. The Kier molecular flexibility index (Phi) is 3.41. The van der Waals surface area contributed by atoms with E-state index in [0.717, 1.165) is 25.6 Å². The molecular formula is C12H17N3. The molecule has 3 nitrogen and oxygen atoms in total. The molecule has 0 spiro atoms. The van der Waals surface area contributed by atoms with Crippen LogP contribution in [0.3, 0.4) is 0 Å². The van der Waals surface area contributed by atoms with Gasteiger partial charge in [-0.1, -0.05) is 0 Å². The molecule has 0 radical (unpaired) electrons. The van der Waals surface area contributed by atoms with Gasteiger partial charge in [0, 0.05) is 37.4 Å². The number of aromatic nitrogens is 1. The van der Waals surface area contributed by atoms with E-state index in [-0.39, 0.29) is 0 Å². The number of nitriles is 1. The molecule has 0 atom stereocenters. The molecule has 1 aliphatic rings. The lowest BCUT2D eigenvalue weighted by atomic mass is 10.3. The number of hydrogen-bond donors (Lipinski definition) is 1. The van der Waals surface area contributed by atoms with Crippen LogP contribution in [0.25, 0.3) is 0 Å². The molecule has 1 aromatic rings. The molecule has 0 amide bonds. The van der Waals surface area contributed by atoms with Crippen molar-refractivity contribution in [2.75, 3.05) is 0 Å². The molecule has 1 saturated carbocycles. The standard InChI is InChI=1S/C12H17N3/c13-7-1-2-8-15-9-3-4-12(15)10-14-11-5-6-11/h3-4,9,11,14H,1-2,5-6,8,10H2. The third-order valence-electron chi connectivity index (χ3n) is 2.76. The fraction of sp³-hybridized carbons (Fsp3) is 0.583. The van der Waals surface area contributed by atoms with E-state index in [1.54, 1.807) is 0 Å². The van der Waals surface area contributed by atoms with E-state index in [9.17, 15) is 0 Å². The summed E-state index contributed by atoms with van der Waals surface area (Å²) in [5.74, 6) is 0. The summed E-state index contributed by atoms with van der Waals surface area (Å²) < 4.78 is 2.24. The number of hydrogen-bond acceptors (Lipinski definition) is 2. The first-order chi connectivity index (χ1) is 7.40. The topological polar surface area (TPSA) is 40.8 Å². The van der Waals surface area contributed by atoms with Crippen LogP contribution in [0.4, 0.5) is 0 Å². The Morgan fingerprint density at radius 2 is 2.40 bits per heavy atom. The second-order valence-electron chi connectivity index (χ2n) is 4.11. The second kappa shape index (κ2) is 4.99. The summed E-state index contributed by atoms with van der Waals surface area (Å²) in [6.45, 7) is 1.92. The molecule has 2 rings (SSSR count). The lowest BCUT2D eigenvalue weighted by Crippen LogP contribution is -2.18. The lowest BCUT2D eigenvalue weighted by Gasteiger charge is -2.08. The molecule has 3 heteroatoms. The van der Waals surface area contributed by atoms with Gasteiger partial charge in [-0.15, -0.1) is 0 Å². The van der Waals surface area contributed by atoms with Gasteiger partial charge in [0.15, 0.2) is 0 Å². The van der Waals surface area contributed by atoms with E-state index in [2.05, 4.69) is 34.3 Å². The van der Waals surface area contributed by atoms with Gasteiger partial charge in [0.25, 0.3) is 0 Å². The average molecular weight is 203 g/mol. The van der Waals surface area contributed by atoms with Crippen LogP contribution >= 0.6 is 0 Å². The molecule has 1 fully saturated rings. The van der Waals surface area contributed by atoms with Crippen LogP contribution in [0.2, 0.25) is 0 Å². The van der Waals surface area contributed by atoms with E-state index in [4.69, 9.17) is 5.26 Å². The summed E-state index contributed by atoms with van der Waals surface area (Å²) in [6, 6.07) is 7.17. The van der Waals surface area contributed by atoms with Gasteiger partial charge in [-0.25, -0.2) is 0 Å². The fourth-order valence-electron chi connectivity index (χ4n) is 1.69. The molecular weight excluding hydrogens is 186 g/mol. The average Bonchev–Trinajstić information content (AvgIpc) is 2.97. The van der Waals surface area contributed by atoms with Crippen molar-refractivity contribution in [1.82, 2.24) is 9.88 Å². The number of aryl methyl sites for hydroxylation is 1. The number of nitrogens with one attached hydrogen (secondary N) is 1. The van der Waals surface area contributed by atoms with E-state index in [1.165, 1.54) is 18.5 Å². The van der Waals surface area contributed by atoms with Gasteiger partial charge in [-0.05, 0) is 31.4 Å². The van der Waals surface area contributed by atoms with E-state index in [0.29, 0.717) is 6.42 Å². The smallest absolute Gasteiger partial charge is 0.0622 e. The summed E-state index contributed by atoms with van der Waals surface area (Å²) >= 11 is 0. The second-order valence-corrected chi connectivity index (χ2v) is 4.11. The number of nitrogens with zero attached hydrogens (tertiary/aromatic N) is 2. The first kappa shape index (κ1) is 10.3. The van der Waals surface area contributed by atoms with E-state index >= 15 is 0 Å². The molecule has 0 aromatic carbocycles. The van der Waals surface area contributed by atoms with Crippen molar-refractivity contribution in [2.45, 2.75) is 44.8 Å². The van der Waals surface area contributed by atoms with Gasteiger partial charge >= 0.3 is 0 Å². The Balaban J connectivity index is 1.81. The van der Waals surface area contributed by atoms with Crippen LogP contribution in [0.15, 0.2) is 18.3 Å². The molecule has 1 aliphatic carbocycles. The molecule has 1 aromatic heterocycles. The predicted molar refractivity (Wildman–Crippen MR) is 59.1 cm³/mol. The highest BCUT2D eigenvalue weighted by molar-refractivity contribution is 5.07. The van der Waals surface area contributed by atoms with Gasteiger partial charge < -0.3 is 9.88 Å². The maximum Gasteiger partial charge on any atom is 0.0622 e. The van der Waals surface area contributed by atoms with Crippen LogP contribution in [-0.2, 0) is 13.1 Å². The fourth-order valence-corrected chi connectivity index (χ4v) is 1.69. The Bertz CT molecular complexity index is 344. The van der Waals surface area contributed by atoms with Crippen molar-refractivity contribution in [3.63, 3.8) is 0 Å². The zero-order valence-electron chi connectivity index (χ0n) is 8.95. The molecule has 0 bridgehead atoms. The van der Waals surface area contributed by atoms with Crippen molar-refractivity contribution in [1.29, 1.82) is 5.26 Å². The highest BCUT2D eigenvalue weighted by atomic mass is 15.0. The summed E-state index contributed by atoms with van der Waals surface area (Å²) in [6.07, 6.45) is 6.35. The van der Waals surface area contributed by atoms with Crippen molar-refractivity contribution in [3.8, 4) is 6.07 Å². The monoisotopic (exact) mass is 203 g/mol. The molecule has 0 aliphatic heterocycles. The van der Waals surface area contributed by atoms with E-state index < -0.39 is 0 Å². The zero-order valence-corrected chi connectivity index (χ0v) is 8.95.